The topological polar surface area (TPSA) is 78.5 Å². The van der Waals surface area contributed by atoms with Crippen molar-refractivity contribution in [1.82, 2.24) is 10.2 Å². The molecule has 1 atom stereocenters. The highest BCUT2D eigenvalue weighted by molar-refractivity contribution is 5.96. The maximum absolute atomic E-state index is 12.2. The number of nitrogens with one attached hydrogen (secondary N) is 1. The van der Waals surface area contributed by atoms with Gasteiger partial charge in [-0.2, -0.15) is 5.26 Å². The molecular weight excluding hydrogens is 318 g/mol. The number of amides is 1. The smallest absolute Gasteiger partial charge is 0.252 e. The van der Waals surface area contributed by atoms with Crippen molar-refractivity contribution in [3.63, 3.8) is 0 Å². The fraction of sp³-hybridized carbons (Fsp3) is 0.368. The van der Waals surface area contributed by atoms with Crippen molar-refractivity contribution < 1.29 is 13.9 Å². The molecule has 0 saturated carbocycles. The predicted molar refractivity (Wildman–Crippen MR) is 91.8 cm³/mol. The maximum Gasteiger partial charge on any atom is 0.252 e. The minimum absolute atomic E-state index is 0.0789. The third-order valence-corrected chi connectivity index (χ3v) is 4.23. The lowest BCUT2D eigenvalue weighted by atomic mass is 10.1. The number of hydrogen-bond donors (Lipinski definition) is 1. The van der Waals surface area contributed by atoms with E-state index in [9.17, 15) is 4.79 Å². The number of carbonyl (C=O) groups excluding carboxylic acids is 1. The van der Waals surface area contributed by atoms with Gasteiger partial charge in [0.05, 0.1) is 42.7 Å². The summed E-state index contributed by atoms with van der Waals surface area (Å²) in [5.74, 6) is 0.725. The summed E-state index contributed by atoms with van der Waals surface area (Å²) in [5.41, 5.74) is 0.799. The van der Waals surface area contributed by atoms with Gasteiger partial charge in [0, 0.05) is 19.6 Å². The first-order valence-electron chi connectivity index (χ1n) is 8.40. The zero-order valence-electron chi connectivity index (χ0n) is 14.0. The van der Waals surface area contributed by atoms with Crippen LogP contribution < -0.4 is 5.32 Å². The van der Waals surface area contributed by atoms with Crippen molar-refractivity contribution >= 4 is 5.91 Å². The van der Waals surface area contributed by atoms with Crippen LogP contribution in [0.1, 0.15) is 28.1 Å². The Balaban J connectivity index is 1.45. The summed E-state index contributed by atoms with van der Waals surface area (Å²) in [4.78, 5) is 14.5. The fourth-order valence-corrected chi connectivity index (χ4v) is 2.94. The van der Waals surface area contributed by atoms with Crippen molar-refractivity contribution in [2.75, 3.05) is 26.2 Å². The molecule has 1 aliphatic rings. The molecule has 0 radical (unpaired) electrons. The van der Waals surface area contributed by atoms with Crippen LogP contribution in [0.5, 0.6) is 0 Å². The third kappa shape index (κ3) is 4.69. The molecule has 0 aliphatic carbocycles. The molecule has 6 heteroatoms. The quantitative estimate of drug-likeness (QED) is 0.873. The minimum Gasteiger partial charge on any atom is -0.468 e. The number of benzene rings is 1. The van der Waals surface area contributed by atoms with Crippen LogP contribution in [-0.4, -0.2) is 43.2 Å². The molecule has 1 aromatic heterocycles. The number of nitrogens with zero attached hydrogens (tertiary/aromatic N) is 2. The molecule has 1 saturated heterocycles. The van der Waals surface area contributed by atoms with E-state index in [0.29, 0.717) is 24.3 Å². The van der Waals surface area contributed by atoms with Crippen molar-refractivity contribution in [3.05, 3.63) is 59.5 Å². The Morgan fingerprint density at radius 3 is 3.00 bits per heavy atom. The zero-order chi connectivity index (χ0) is 17.5. The largest absolute Gasteiger partial charge is 0.468 e. The summed E-state index contributed by atoms with van der Waals surface area (Å²) >= 11 is 0. The lowest BCUT2D eigenvalue weighted by Gasteiger charge is -2.32. The van der Waals surface area contributed by atoms with Crippen LogP contribution in [0.3, 0.4) is 0 Å². The van der Waals surface area contributed by atoms with E-state index in [2.05, 4.69) is 10.2 Å². The SMILES string of the molecule is N#Cc1ccccc1C(=O)NCC[C@@H]1CN(Cc2ccco2)CCO1. The van der Waals surface area contributed by atoms with Crippen LogP contribution in [0.2, 0.25) is 0 Å². The van der Waals surface area contributed by atoms with Crippen molar-refractivity contribution in [1.29, 1.82) is 5.26 Å². The Hall–Kier alpha value is -2.62. The molecule has 1 aromatic carbocycles. The van der Waals surface area contributed by atoms with Gasteiger partial charge < -0.3 is 14.5 Å². The van der Waals surface area contributed by atoms with E-state index in [-0.39, 0.29) is 12.0 Å². The molecule has 0 bridgehead atoms. The summed E-state index contributed by atoms with van der Waals surface area (Å²) in [5, 5.41) is 11.9. The van der Waals surface area contributed by atoms with Crippen LogP contribution in [0.4, 0.5) is 0 Å². The van der Waals surface area contributed by atoms with Gasteiger partial charge in [-0.1, -0.05) is 12.1 Å². The number of morpholine rings is 1. The van der Waals surface area contributed by atoms with Crippen LogP contribution in [0, 0.1) is 11.3 Å². The second-order valence-electron chi connectivity index (χ2n) is 6.01. The van der Waals surface area contributed by atoms with Gasteiger partial charge in [0.25, 0.3) is 5.91 Å². The van der Waals surface area contributed by atoms with Crippen LogP contribution >= 0.6 is 0 Å². The van der Waals surface area contributed by atoms with E-state index in [0.717, 1.165) is 31.8 Å². The van der Waals surface area contributed by atoms with E-state index in [1.54, 1.807) is 30.5 Å². The average molecular weight is 339 g/mol. The predicted octanol–water partition coefficient (Wildman–Crippen LogP) is 2.17. The van der Waals surface area contributed by atoms with Gasteiger partial charge in [-0.15, -0.1) is 0 Å². The standard InChI is InChI=1S/C19H21N3O3/c20-12-15-4-1-2-6-18(15)19(23)21-8-7-17-14-22(9-11-25-17)13-16-5-3-10-24-16/h1-6,10,17H,7-9,11,13-14H2,(H,21,23)/t17-/m1/s1. The number of ether oxygens (including phenoxy) is 1. The Labute approximate surface area is 147 Å². The maximum atomic E-state index is 12.2. The molecule has 0 spiro atoms. The molecule has 1 fully saturated rings. The lowest BCUT2D eigenvalue weighted by molar-refractivity contribution is -0.0358. The number of furan rings is 1. The normalized spacial score (nSPS) is 17.8. The monoisotopic (exact) mass is 339 g/mol. The molecule has 0 unspecified atom stereocenters. The van der Waals surface area contributed by atoms with Gasteiger partial charge in [0.2, 0.25) is 0 Å². The molecule has 1 amide bonds. The highest BCUT2D eigenvalue weighted by Gasteiger charge is 2.21. The molecule has 1 N–H and O–H groups in total. The molecule has 2 aromatic rings. The van der Waals surface area contributed by atoms with Gasteiger partial charge >= 0.3 is 0 Å². The van der Waals surface area contributed by atoms with Gasteiger partial charge in [0.1, 0.15) is 5.76 Å². The van der Waals surface area contributed by atoms with Gasteiger partial charge in [-0.25, -0.2) is 0 Å². The molecule has 6 nitrogen and oxygen atoms in total. The molecule has 3 rings (SSSR count). The number of rotatable bonds is 6. The van der Waals surface area contributed by atoms with E-state index < -0.39 is 0 Å². The number of hydrogen-bond acceptors (Lipinski definition) is 5. The highest BCUT2D eigenvalue weighted by atomic mass is 16.5. The van der Waals surface area contributed by atoms with Crippen LogP contribution in [-0.2, 0) is 11.3 Å². The molecule has 2 heterocycles. The van der Waals surface area contributed by atoms with E-state index in [1.807, 2.05) is 18.2 Å². The highest BCUT2D eigenvalue weighted by Crippen LogP contribution is 2.13. The van der Waals surface area contributed by atoms with Crippen molar-refractivity contribution in [3.8, 4) is 6.07 Å². The first-order valence-corrected chi connectivity index (χ1v) is 8.40. The summed E-state index contributed by atoms with van der Waals surface area (Å²) in [7, 11) is 0. The summed E-state index contributed by atoms with van der Waals surface area (Å²) < 4.78 is 11.2. The van der Waals surface area contributed by atoms with E-state index in [4.69, 9.17) is 14.4 Å². The van der Waals surface area contributed by atoms with Gasteiger partial charge in [0.15, 0.2) is 0 Å². The summed E-state index contributed by atoms with van der Waals surface area (Å²) in [6, 6.07) is 12.7. The molecule has 25 heavy (non-hydrogen) atoms. The Kier molecular flexibility index (Phi) is 5.83. The lowest BCUT2D eigenvalue weighted by Crippen LogP contribution is -2.43. The average Bonchev–Trinajstić information content (AvgIpc) is 3.15. The second-order valence-corrected chi connectivity index (χ2v) is 6.01. The zero-order valence-corrected chi connectivity index (χ0v) is 14.0. The van der Waals surface area contributed by atoms with Crippen molar-refractivity contribution in [2.24, 2.45) is 0 Å². The number of nitriles is 1. The van der Waals surface area contributed by atoms with Gasteiger partial charge in [-0.3, -0.25) is 9.69 Å². The third-order valence-electron chi connectivity index (χ3n) is 4.23. The Bertz CT molecular complexity index is 737. The van der Waals surface area contributed by atoms with E-state index in [1.165, 1.54) is 0 Å². The van der Waals surface area contributed by atoms with Crippen molar-refractivity contribution in [2.45, 2.75) is 19.1 Å². The fourth-order valence-electron chi connectivity index (χ4n) is 2.94. The van der Waals surface area contributed by atoms with Gasteiger partial charge in [-0.05, 0) is 30.7 Å². The van der Waals surface area contributed by atoms with Crippen LogP contribution in [0.25, 0.3) is 0 Å². The molecular formula is C19H21N3O3. The second kappa shape index (κ2) is 8.47. The molecule has 130 valence electrons. The molecule has 1 aliphatic heterocycles. The van der Waals surface area contributed by atoms with E-state index >= 15 is 0 Å². The van der Waals surface area contributed by atoms with Crippen LogP contribution in [0.15, 0.2) is 47.1 Å². The Morgan fingerprint density at radius 1 is 1.32 bits per heavy atom. The minimum atomic E-state index is -0.222. The first kappa shape index (κ1) is 17.2. The first-order chi connectivity index (χ1) is 12.3. The Morgan fingerprint density at radius 2 is 2.20 bits per heavy atom. The summed E-state index contributed by atoms with van der Waals surface area (Å²) in [6.45, 7) is 3.65. The summed E-state index contributed by atoms with van der Waals surface area (Å²) in [6.07, 6.45) is 2.49. The number of carbonyl (C=O) groups is 1.